The molecule has 1 rings (SSSR count). The Hall–Kier alpha value is 0.160. The summed E-state index contributed by atoms with van der Waals surface area (Å²) < 4.78 is 26.9. The smallest absolute Gasteiger partial charge is 0.149 e. The minimum Gasteiger partial charge on any atom is -0.372 e. The van der Waals surface area contributed by atoms with Gasteiger partial charge in [-0.2, -0.15) is 0 Å². The molecule has 0 aromatic heterocycles. The van der Waals surface area contributed by atoms with Gasteiger partial charge in [0, 0.05) is 19.3 Å². The van der Waals surface area contributed by atoms with Crippen molar-refractivity contribution in [1.29, 1.82) is 0 Å². The highest BCUT2D eigenvalue weighted by Gasteiger charge is 2.32. The average Bonchev–Trinajstić information content (AvgIpc) is 1.81. The van der Waals surface area contributed by atoms with Gasteiger partial charge in [0.2, 0.25) is 0 Å². The minimum absolute atomic E-state index is 0. The number of halogens is 1. The molecule has 1 N–H and O–H groups in total. The Kier molecular flexibility index (Phi) is 4.65. The summed E-state index contributed by atoms with van der Waals surface area (Å²) in [5, 5.41) is 3.07. The van der Waals surface area contributed by atoms with Gasteiger partial charge in [-0.15, -0.1) is 12.4 Å². The molecule has 0 spiro atoms. The van der Waals surface area contributed by atoms with Gasteiger partial charge in [-0.25, -0.2) is 8.42 Å². The van der Waals surface area contributed by atoms with Gasteiger partial charge in [-0.05, 0) is 6.92 Å². The third-order valence-corrected chi connectivity index (χ3v) is 2.81. The lowest BCUT2D eigenvalue weighted by atomic mass is 10.0. The molecular weight excluding hydrogens is 214 g/mol. The Balaban J connectivity index is 0.00000144. The second kappa shape index (κ2) is 4.59. The van der Waals surface area contributed by atoms with E-state index in [2.05, 4.69) is 5.32 Å². The lowest BCUT2D eigenvalue weighted by Gasteiger charge is -2.38. The molecule has 13 heavy (non-hydrogen) atoms. The van der Waals surface area contributed by atoms with Gasteiger partial charge in [0.1, 0.15) is 9.84 Å². The van der Waals surface area contributed by atoms with Crippen LogP contribution >= 0.6 is 12.4 Å². The van der Waals surface area contributed by atoms with Gasteiger partial charge in [0.25, 0.3) is 0 Å². The summed E-state index contributed by atoms with van der Waals surface area (Å²) in [5.41, 5.74) is -0.134. The van der Waals surface area contributed by atoms with E-state index in [1.807, 2.05) is 6.92 Å². The largest absolute Gasteiger partial charge is 0.372 e. The van der Waals surface area contributed by atoms with Gasteiger partial charge in [0.05, 0.1) is 18.0 Å². The van der Waals surface area contributed by atoms with Gasteiger partial charge < -0.3 is 10.1 Å². The Bertz CT molecular complexity index is 248. The third-order valence-electron chi connectivity index (χ3n) is 1.90. The standard InChI is InChI=1S/C7H15NO3S.ClH/c1-7(5-8-6-7)11-3-4-12(2,9)10;/h8H,3-6H2,1-2H3;1H. The van der Waals surface area contributed by atoms with E-state index in [0.717, 1.165) is 13.1 Å². The number of sulfone groups is 1. The monoisotopic (exact) mass is 229 g/mol. The second-order valence-corrected chi connectivity index (χ2v) is 5.79. The van der Waals surface area contributed by atoms with Crippen LogP contribution in [-0.2, 0) is 14.6 Å². The van der Waals surface area contributed by atoms with Crippen LogP contribution in [0.15, 0.2) is 0 Å². The lowest BCUT2D eigenvalue weighted by molar-refractivity contribution is -0.0597. The molecule has 1 heterocycles. The van der Waals surface area contributed by atoms with Crippen molar-refractivity contribution in [3.05, 3.63) is 0 Å². The molecule has 0 aromatic rings. The number of nitrogens with one attached hydrogen (secondary N) is 1. The molecule has 0 bridgehead atoms. The number of hydrogen-bond acceptors (Lipinski definition) is 4. The van der Waals surface area contributed by atoms with Crippen LogP contribution in [0.2, 0.25) is 0 Å². The summed E-state index contributed by atoms with van der Waals surface area (Å²) in [7, 11) is -2.88. The first-order valence-corrected chi connectivity index (χ1v) is 6.00. The van der Waals surface area contributed by atoms with Crippen molar-refractivity contribution in [3.63, 3.8) is 0 Å². The van der Waals surface area contributed by atoms with Crippen LogP contribution in [0.25, 0.3) is 0 Å². The fraction of sp³-hybridized carbons (Fsp3) is 1.00. The summed E-state index contributed by atoms with van der Waals surface area (Å²) >= 11 is 0. The Morgan fingerprint density at radius 3 is 2.31 bits per heavy atom. The fourth-order valence-corrected chi connectivity index (χ4v) is 1.40. The predicted molar refractivity (Wildman–Crippen MR) is 54.2 cm³/mol. The first kappa shape index (κ1) is 13.2. The number of rotatable bonds is 4. The maximum Gasteiger partial charge on any atom is 0.149 e. The molecule has 1 fully saturated rings. The third kappa shape index (κ3) is 4.81. The van der Waals surface area contributed by atoms with Crippen LogP contribution in [0.4, 0.5) is 0 Å². The van der Waals surface area contributed by atoms with Crippen molar-refractivity contribution in [2.45, 2.75) is 12.5 Å². The molecular formula is C7H16ClNO3S. The summed E-state index contributed by atoms with van der Waals surface area (Å²) in [4.78, 5) is 0. The van der Waals surface area contributed by atoms with E-state index in [9.17, 15) is 8.42 Å². The van der Waals surface area contributed by atoms with Crippen molar-refractivity contribution in [1.82, 2.24) is 5.32 Å². The van der Waals surface area contributed by atoms with Crippen molar-refractivity contribution in [2.75, 3.05) is 31.7 Å². The molecule has 80 valence electrons. The zero-order chi connectivity index (χ0) is 9.24. The van der Waals surface area contributed by atoms with Gasteiger partial charge >= 0.3 is 0 Å². The summed E-state index contributed by atoms with van der Waals surface area (Å²) in [6, 6.07) is 0. The first-order chi connectivity index (χ1) is 5.41. The highest BCUT2D eigenvalue weighted by atomic mass is 35.5. The molecule has 0 radical (unpaired) electrons. The first-order valence-electron chi connectivity index (χ1n) is 3.94. The maximum atomic E-state index is 10.7. The molecule has 0 aliphatic carbocycles. The zero-order valence-corrected chi connectivity index (χ0v) is 9.50. The van der Waals surface area contributed by atoms with E-state index in [-0.39, 0.29) is 23.8 Å². The Morgan fingerprint density at radius 1 is 1.46 bits per heavy atom. The molecule has 0 atom stereocenters. The maximum absolute atomic E-state index is 10.7. The van der Waals surface area contributed by atoms with Gasteiger partial charge in [-0.1, -0.05) is 0 Å². The van der Waals surface area contributed by atoms with E-state index in [1.54, 1.807) is 0 Å². The number of hydrogen-bond donors (Lipinski definition) is 1. The van der Waals surface area contributed by atoms with E-state index in [1.165, 1.54) is 6.26 Å². The van der Waals surface area contributed by atoms with Crippen molar-refractivity contribution >= 4 is 22.2 Å². The Labute approximate surface area is 85.4 Å². The molecule has 6 heteroatoms. The number of ether oxygens (including phenoxy) is 1. The van der Waals surface area contributed by atoms with Gasteiger partial charge in [0.15, 0.2) is 0 Å². The average molecular weight is 230 g/mol. The van der Waals surface area contributed by atoms with Crippen LogP contribution < -0.4 is 5.32 Å². The van der Waals surface area contributed by atoms with Crippen molar-refractivity contribution < 1.29 is 13.2 Å². The topological polar surface area (TPSA) is 55.4 Å². The SMILES string of the molecule is CC1(OCCS(C)(=O)=O)CNC1.Cl. The fourth-order valence-electron chi connectivity index (χ4n) is 1.02. The van der Waals surface area contributed by atoms with E-state index in [4.69, 9.17) is 4.74 Å². The molecule has 0 aromatic carbocycles. The molecule has 1 aliphatic rings. The van der Waals surface area contributed by atoms with Crippen molar-refractivity contribution in [2.24, 2.45) is 0 Å². The zero-order valence-electron chi connectivity index (χ0n) is 7.87. The van der Waals surface area contributed by atoms with E-state index in [0.29, 0.717) is 6.61 Å². The van der Waals surface area contributed by atoms with Crippen LogP contribution in [0.5, 0.6) is 0 Å². The van der Waals surface area contributed by atoms with Crippen LogP contribution in [0.1, 0.15) is 6.92 Å². The molecule has 4 nitrogen and oxygen atoms in total. The highest BCUT2D eigenvalue weighted by molar-refractivity contribution is 7.90. The van der Waals surface area contributed by atoms with Crippen molar-refractivity contribution in [3.8, 4) is 0 Å². The summed E-state index contributed by atoms with van der Waals surface area (Å²) in [6.07, 6.45) is 1.22. The predicted octanol–water partition coefficient (Wildman–Crippen LogP) is -0.169. The molecule has 0 saturated carbocycles. The second-order valence-electron chi connectivity index (χ2n) is 3.53. The van der Waals surface area contributed by atoms with Crippen LogP contribution in [0.3, 0.4) is 0 Å². The van der Waals surface area contributed by atoms with Crippen LogP contribution in [0, 0.1) is 0 Å². The summed E-state index contributed by atoms with van der Waals surface area (Å²) in [6.45, 7) is 3.91. The normalized spacial score (nSPS) is 20.2. The van der Waals surface area contributed by atoms with E-state index < -0.39 is 9.84 Å². The summed E-state index contributed by atoms with van der Waals surface area (Å²) in [5.74, 6) is 0.114. The quantitative estimate of drug-likeness (QED) is 0.728. The Morgan fingerprint density at radius 2 is 2.00 bits per heavy atom. The van der Waals surface area contributed by atoms with E-state index >= 15 is 0 Å². The van der Waals surface area contributed by atoms with Crippen LogP contribution in [-0.4, -0.2) is 45.7 Å². The van der Waals surface area contributed by atoms with Gasteiger partial charge in [-0.3, -0.25) is 0 Å². The molecule has 1 saturated heterocycles. The molecule has 1 aliphatic heterocycles. The highest BCUT2D eigenvalue weighted by Crippen LogP contribution is 2.14. The lowest BCUT2D eigenvalue weighted by Crippen LogP contribution is -2.59. The molecule has 0 unspecified atom stereocenters. The minimum atomic E-state index is -2.88. The molecule has 0 amide bonds.